The molecule has 0 bridgehead atoms. The molecule has 0 aromatic heterocycles. The molecule has 1 atom stereocenters. The molecule has 1 unspecified atom stereocenters. The van der Waals surface area contributed by atoms with Crippen molar-refractivity contribution in [2.75, 3.05) is 6.54 Å². The Balaban J connectivity index is 2.04. The molecule has 0 heterocycles. The predicted molar refractivity (Wildman–Crippen MR) is 99.3 cm³/mol. The summed E-state index contributed by atoms with van der Waals surface area (Å²) in [5.74, 6) is 1.12. The molecule has 2 N–H and O–H groups in total. The van der Waals surface area contributed by atoms with Gasteiger partial charge in [-0.25, -0.2) is 0 Å². The lowest BCUT2D eigenvalue weighted by molar-refractivity contribution is 0.258. The highest BCUT2D eigenvalue weighted by molar-refractivity contribution is 5.38. The Morgan fingerprint density at radius 1 is 1.08 bits per heavy atom. The molecule has 2 rings (SSSR count). The van der Waals surface area contributed by atoms with E-state index >= 15 is 0 Å². The molecule has 130 valence electrons. The fraction of sp³-hybridized carbons (Fsp3) is 0.429. The lowest BCUT2D eigenvalue weighted by atomic mass is 9.97. The van der Waals surface area contributed by atoms with Crippen LogP contribution in [0.1, 0.15) is 50.3 Å². The van der Waals surface area contributed by atoms with Crippen molar-refractivity contribution in [1.29, 1.82) is 0 Å². The highest BCUT2D eigenvalue weighted by atomic mass is 16.5. The van der Waals surface area contributed by atoms with Crippen molar-refractivity contribution in [2.45, 2.75) is 52.4 Å². The summed E-state index contributed by atoms with van der Waals surface area (Å²) in [5, 5.41) is 13.2. The third-order valence-corrected chi connectivity index (χ3v) is 4.00. The zero-order valence-corrected chi connectivity index (χ0v) is 15.2. The van der Waals surface area contributed by atoms with Gasteiger partial charge in [0.2, 0.25) is 0 Å². The standard InChI is InChI=1S/C21H29NO2/c1-16(13-22-21(2,3)4)18-10-11-20(19(12-18)14-23)24-15-17-8-6-5-7-9-17/h5-12,16,22-23H,13-15H2,1-4H3. The van der Waals surface area contributed by atoms with Gasteiger partial charge >= 0.3 is 0 Å². The van der Waals surface area contributed by atoms with Gasteiger partial charge < -0.3 is 15.2 Å². The first-order valence-corrected chi connectivity index (χ1v) is 8.54. The van der Waals surface area contributed by atoms with E-state index in [-0.39, 0.29) is 12.1 Å². The molecule has 0 radical (unpaired) electrons. The highest BCUT2D eigenvalue weighted by Gasteiger charge is 2.14. The van der Waals surface area contributed by atoms with Crippen molar-refractivity contribution in [2.24, 2.45) is 0 Å². The van der Waals surface area contributed by atoms with Crippen LogP contribution in [0.15, 0.2) is 48.5 Å². The SMILES string of the molecule is CC(CNC(C)(C)C)c1ccc(OCc2ccccc2)c(CO)c1. The minimum absolute atomic E-state index is 0.0165. The average Bonchev–Trinajstić information content (AvgIpc) is 2.58. The van der Waals surface area contributed by atoms with Gasteiger partial charge in [0, 0.05) is 17.6 Å². The number of ether oxygens (including phenoxy) is 1. The maximum absolute atomic E-state index is 9.69. The van der Waals surface area contributed by atoms with Crippen LogP contribution in [0, 0.1) is 0 Å². The molecule has 24 heavy (non-hydrogen) atoms. The average molecular weight is 327 g/mol. The number of aliphatic hydroxyl groups is 1. The normalized spacial score (nSPS) is 12.9. The Morgan fingerprint density at radius 2 is 1.79 bits per heavy atom. The monoisotopic (exact) mass is 327 g/mol. The Morgan fingerprint density at radius 3 is 2.42 bits per heavy atom. The van der Waals surface area contributed by atoms with Crippen molar-refractivity contribution in [3.05, 3.63) is 65.2 Å². The molecule has 0 saturated carbocycles. The first-order chi connectivity index (χ1) is 11.4. The molecular formula is C21H29NO2. The molecular weight excluding hydrogens is 298 g/mol. The van der Waals surface area contributed by atoms with Crippen LogP contribution in [-0.2, 0) is 13.2 Å². The number of hydrogen-bond acceptors (Lipinski definition) is 3. The third kappa shape index (κ3) is 5.66. The molecule has 0 aliphatic rings. The molecule has 3 nitrogen and oxygen atoms in total. The number of aliphatic hydroxyl groups excluding tert-OH is 1. The van der Waals surface area contributed by atoms with Gasteiger partial charge in [-0.05, 0) is 49.9 Å². The van der Waals surface area contributed by atoms with Gasteiger partial charge in [-0.2, -0.15) is 0 Å². The van der Waals surface area contributed by atoms with E-state index in [1.807, 2.05) is 36.4 Å². The molecule has 2 aromatic rings. The molecule has 0 aliphatic carbocycles. The van der Waals surface area contributed by atoms with Crippen LogP contribution in [0.5, 0.6) is 5.75 Å². The second kappa shape index (κ2) is 8.32. The van der Waals surface area contributed by atoms with Gasteiger partial charge in [-0.15, -0.1) is 0 Å². The maximum Gasteiger partial charge on any atom is 0.125 e. The lowest BCUT2D eigenvalue weighted by Gasteiger charge is -2.24. The van der Waals surface area contributed by atoms with E-state index in [1.165, 1.54) is 5.56 Å². The van der Waals surface area contributed by atoms with E-state index in [0.717, 1.165) is 23.4 Å². The Labute approximate surface area is 145 Å². The Hall–Kier alpha value is -1.84. The number of nitrogens with one attached hydrogen (secondary N) is 1. The van der Waals surface area contributed by atoms with E-state index in [9.17, 15) is 5.11 Å². The summed E-state index contributed by atoms with van der Waals surface area (Å²) in [5.41, 5.74) is 3.27. The fourth-order valence-electron chi connectivity index (χ4n) is 2.48. The third-order valence-electron chi connectivity index (χ3n) is 4.00. The van der Waals surface area contributed by atoms with E-state index < -0.39 is 0 Å². The molecule has 2 aromatic carbocycles. The first-order valence-electron chi connectivity index (χ1n) is 8.54. The van der Waals surface area contributed by atoms with Crippen molar-refractivity contribution < 1.29 is 9.84 Å². The van der Waals surface area contributed by atoms with Crippen molar-refractivity contribution in [3.8, 4) is 5.75 Å². The minimum Gasteiger partial charge on any atom is -0.489 e. The molecule has 0 spiro atoms. The second-order valence-electron chi connectivity index (χ2n) is 7.33. The lowest BCUT2D eigenvalue weighted by Crippen LogP contribution is -2.38. The summed E-state index contributed by atoms with van der Waals surface area (Å²) < 4.78 is 5.89. The zero-order valence-electron chi connectivity index (χ0n) is 15.2. The quantitative estimate of drug-likeness (QED) is 0.799. The van der Waals surface area contributed by atoms with Gasteiger partial charge in [0.15, 0.2) is 0 Å². The zero-order chi connectivity index (χ0) is 17.6. The summed E-state index contributed by atoms with van der Waals surface area (Å²) in [6, 6.07) is 16.2. The predicted octanol–water partition coefficient (Wildman–Crippen LogP) is 4.25. The maximum atomic E-state index is 9.69. The molecule has 0 saturated heterocycles. The largest absolute Gasteiger partial charge is 0.489 e. The molecule has 0 amide bonds. The molecule has 0 aliphatic heterocycles. The molecule has 0 fully saturated rings. The number of hydrogen-bond donors (Lipinski definition) is 2. The van der Waals surface area contributed by atoms with Crippen LogP contribution in [0.3, 0.4) is 0 Å². The van der Waals surface area contributed by atoms with Gasteiger partial charge in [0.25, 0.3) is 0 Å². The van der Waals surface area contributed by atoms with Gasteiger partial charge in [-0.1, -0.05) is 43.3 Å². The van der Waals surface area contributed by atoms with Crippen LogP contribution >= 0.6 is 0 Å². The van der Waals surface area contributed by atoms with Crippen molar-refractivity contribution in [1.82, 2.24) is 5.32 Å². The summed E-state index contributed by atoms with van der Waals surface area (Å²) in [6.07, 6.45) is 0. The smallest absolute Gasteiger partial charge is 0.125 e. The molecule has 3 heteroatoms. The first kappa shape index (κ1) is 18.5. The Kier molecular flexibility index (Phi) is 6.41. The van der Waals surface area contributed by atoms with E-state index in [1.54, 1.807) is 0 Å². The topological polar surface area (TPSA) is 41.5 Å². The van der Waals surface area contributed by atoms with Crippen LogP contribution in [0.4, 0.5) is 0 Å². The summed E-state index contributed by atoms with van der Waals surface area (Å²) >= 11 is 0. The summed E-state index contributed by atoms with van der Waals surface area (Å²) in [7, 11) is 0. The van der Waals surface area contributed by atoms with Gasteiger partial charge in [0.1, 0.15) is 12.4 Å². The van der Waals surface area contributed by atoms with E-state index in [2.05, 4.69) is 45.1 Å². The van der Waals surface area contributed by atoms with Crippen molar-refractivity contribution in [3.63, 3.8) is 0 Å². The van der Waals surface area contributed by atoms with Gasteiger partial charge in [-0.3, -0.25) is 0 Å². The van der Waals surface area contributed by atoms with Crippen LogP contribution < -0.4 is 10.1 Å². The van der Waals surface area contributed by atoms with Crippen molar-refractivity contribution >= 4 is 0 Å². The number of benzene rings is 2. The number of rotatable bonds is 7. The minimum atomic E-state index is -0.0165. The van der Waals surface area contributed by atoms with Crippen LogP contribution in [0.2, 0.25) is 0 Å². The van der Waals surface area contributed by atoms with E-state index in [4.69, 9.17) is 4.74 Å². The summed E-state index contributed by atoms with van der Waals surface area (Å²) in [4.78, 5) is 0. The van der Waals surface area contributed by atoms with Crippen LogP contribution in [-0.4, -0.2) is 17.2 Å². The van der Waals surface area contributed by atoms with Gasteiger partial charge in [0.05, 0.1) is 6.61 Å². The fourth-order valence-corrected chi connectivity index (χ4v) is 2.48. The van der Waals surface area contributed by atoms with E-state index in [0.29, 0.717) is 12.5 Å². The summed E-state index contributed by atoms with van der Waals surface area (Å²) in [6.45, 7) is 10.1. The highest BCUT2D eigenvalue weighted by Crippen LogP contribution is 2.25. The van der Waals surface area contributed by atoms with Crippen LogP contribution in [0.25, 0.3) is 0 Å². The second-order valence-corrected chi connectivity index (χ2v) is 7.33. The Bertz CT molecular complexity index is 632.